The number of hydrogen-bond donors (Lipinski definition) is 5. The van der Waals surface area contributed by atoms with E-state index in [0.717, 1.165) is 45.2 Å². The molecule has 5 rings (SSSR count). The van der Waals surface area contributed by atoms with Crippen LogP contribution in [-0.4, -0.2) is 95.7 Å². The second-order valence-electron chi connectivity index (χ2n) is 13.5. The molecule has 2 saturated heterocycles. The van der Waals surface area contributed by atoms with Crippen molar-refractivity contribution in [1.82, 2.24) is 25.8 Å². The average molecular weight is 682 g/mol. The van der Waals surface area contributed by atoms with Crippen LogP contribution in [0.2, 0.25) is 0 Å². The summed E-state index contributed by atoms with van der Waals surface area (Å²) in [6.45, 7) is 10.5. The van der Waals surface area contributed by atoms with E-state index in [2.05, 4.69) is 42.6 Å². The highest BCUT2D eigenvalue weighted by Crippen LogP contribution is 2.28. The smallest absolute Gasteiger partial charge is 0.254 e. The number of rotatable bonds is 11. The van der Waals surface area contributed by atoms with Gasteiger partial charge in [-0.05, 0) is 62.7 Å². The van der Waals surface area contributed by atoms with Crippen molar-refractivity contribution in [1.29, 1.82) is 0 Å². The fraction of sp³-hybridized carbons (Fsp3) is 0.588. The van der Waals surface area contributed by atoms with Crippen molar-refractivity contribution in [3.63, 3.8) is 0 Å². The van der Waals surface area contributed by atoms with Crippen LogP contribution in [0.5, 0.6) is 0 Å². The number of amidine groups is 1. The Labute approximate surface area is 287 Å². The van der Waals surface area contributed by atoms with Gasteiger partial charge in [0, 0.05) is 63.2 Å². The van der Waals surface area contributed by atoms with E-state index in [1.807, 2.05) is 19.9 Å². The van der Waals surface area contributed by atoms with Gasteiger partial charge in [0.1, 0.15) is 23.0 Å². The van der Waals surface area contributed by atoms with Crippen LogP contribution in [0, 0.1) is 11.8 Å². The normalized spacial score (nSPS) is 25.6. The number of carbonyl (C=O) groups excluding carboxylic acids is 4. The molecule has 1 saturated carbocycles. The lowest BCUT2D eigenvalue weighted by atomic mass is 9.90. The highest BCUT2D eigenvalue weighted by atomic mass is 35.5. The zero-order valence-corrected chi connectivity index (χ0v) is 28.6. The second kappa shape index (κ2) is 15.8. The summed E-state index contributed by atoms with van der Waals surface area (Å²) in [6, 6.07) is 3.40. The van der Waals surface area contributed by atoms with Crippen molar-refractivity contribution in [2.75, 3.05) is 42.9 Å². The van der Waals surface area contributed by atoms with Gasteiger partial charge >= 0.3 is 0 Å². The summed E-state index contributed by atoms with van der Waals surface area (Å²) < 4.78 is 0. The van der Waals surface area contributed by atoms with Crippen LogP contribution in [0.15, 0.2) is 41.4 Å². The first-order chi connectivity index (χ1) is 23.0. The van der Waals surface area contributed by atoms with E-state index in [9.17, 15) is 19.2 Å². The molecule has 3 unspecified atom stereocenters. The number of aromatic nitrogens is 1. The number of amides is 4. The number of dihydropyridines is 1. The maximum atomic E-state index is 13.7. The molecule has 4 heterocycles. The first-order valence-electron chi connectivity index (χ1n) is 17.0. The topological polar surface area (TPSA) is 174 Å². The van der Waals surface area contributed by atoms with Crippen LogP contribution in [0.3, 0.4) is 0 Å². The molecule has 1 aliphatic carbocycles. The van der Waals surface area contributed by atoms with Gasteiger partial charge < -0.3 is 36.8 Å². The largest absolute Gasteiger partial charge is 0.367 e. The van der Waals surface area contributed by atoms with Gasteiger partial charge in [0.15, 0.2) is 0 Å². The number of hydrogen-bond acceptors (Lipinski definition) is 9. The molecule has 4 amide bonds. The predicted molar refractivity (Wildman–Crippen MR) is 187 cm³/mol. The van der Waals surface area contributed by atoms with Crippen LogP contribution < -0.4 is 31.9 Å². The van der Waals surface area contributed by atoms with E-state index in [1.165, 1.54) is 6.08 Å². The highest BCUT2D eigenvalue weighted by Gasteiger charge is 2.33. The Morgan fingerprint density at radius 2 is 1.81 bits per heavy atom. The second-order valence-corrected chi connectivity index (χ2v) is 14.0. The highest BCUT2D eigenvalue weighted by molar-refractivity contribution is 6.25. The summed E-state index contributed by atoms with van der Waals surface area (Å²) in [5.74, 6) is 0.969. The first-order valence-corrected chi connectivity index (χ1v) is 17.5. The molecule has 0 radical (unpaired) electrons. The third-order valence-corrected chi connectivity index (χ3v) is 9.76. The molecule has 14 heteroatoms. The number of halogens is 1. The standard InChI is InChI=1S/C34H48ClN9O4/c1-4-29(45)37-17-21-12-14-44(18-21)32-26(8-10-27(35)41-32)34(48)39-23-7-5-6-22(16-23)38-31-25(30(36)46)9-11-28(42-31)43-15-13-24(19-43)40-33(47)20(2)3/h4,8-9,11,20-24,27H,1,5-7,10,12-19H2,2-3H3,(H2,36,46)(H,37,45)(H,38,42)(H,39,48)(H,40,47)/t21-,22?,23?,24+,27?/m1/s1. The minimum atomic E-state index is -0.568. The summed E-state index contributed by atoms with van der Waals surface area (Å²) in [7, 11) is 0. The molecule has 0 spiro atoms. The number of anilines is 2. The molecule has 48 heavy (non-hydrogen) atoms. The Balaban J connectivity index is 1.20. The van der Waals surface area contributed by atoms with Gasteiger partial charge in [-0.2, -0.15) is 0 Å². The van der Waals surface area contributed by atoms with Crippen molar-refractivity contribution in [2.24, 2.45) is 22.6 Å². The molecule has 3 fully saturated rings. The number of likely N-dealkylation sites (tertiary alicyclic amines) is 1. The van der Waals surface area contributed by atoms with E-state index in [1.54, 1.807) is 12.1 Å². The van der Waals surface area contributed by atoms with E-state index < -0.39 is 11.4 Å². The van der Waals surface area contributed by atoms with Crippen LogP contribution in [0.1, 0.15) is 69.2 Å². The van der Waals surface area contributed by atoms with Gasteiger partial charge in [0.05, 0.1) is 11.1 Å². The zero-order chi connectivity index (χ0) is 34.4. The SMILES string of the molecule is C=CC(=O)NC[C@H]1CCN(C2=NC(Cl)CC=C2C(=O)NC2CCCC(Nc3nc(N4CC[C@H](NC(=O)C(C)C)C4)ccc3C(N)=O)C2)C1. The van der Waals surface area contributed by atoms with E-state index in [0.29, 0.717) is 61.1 Å². The maximum Gasteiger partial charge on any atom is 0.254 e. The molecule has 1 aromatic rings. The molecule has 3 aliphatic heterocycles. The van der Waals surface area contributed by atoms with Gasteiger partial charge in [0.25, 0.3) is 11.8 Å². The monoisotopic (exact) mass is 681 g/mol. The summed E-state index contributed by atoms with van der Waals surface area (Å²) in [5, 5.41) is 12.7. The fourth-order valence-corrected chi connectivity index (χ4v) is 6.99. The van der Waals surface area contributed by atoms with Crippen molar-refractivity contribution in [2.45, 2.75) is 82.4 Å². The number of nitrogens with two attached hydrogens (primary N) is 1. The zero-order valence-electron chi connectivity index (χ0n) is 27.8. The van der Waals surface area contributed by atoms with Crippen molar-refractivity contribution in [3.05, 3.63) is 42.0 Å². The lowest BCUT2D eigenvalue weighted by Crippen LogP contribution is -2.45. The number of primary amides is 1. The van der Waals surface area contributed by atoms with Crippen molar-refractivity contribution < 1.29 is 19.2 Å². The lowest BCUT2D eigenvalue weighted by molar-refractivity contribution is -0.124. The molecule has 4 aliphatic rings. The van der Waals surface area contributed by atoms with Gasteiger partial charge in [-0.25, -0.2) is 9.98 Å². The number of carbonyl (C=O) groups is 4. The summed E-state index contributed by atoms with van der Waals surface area (Å²) in [4.78, 5) is 63.5. The minimum absolute atomic E-state index is 0.0302. The summed E-state index contributed by atoms with van der Waals surface area (Å²) >= 11 is 6.41. The van der Waals surface area contributed by atoms with E-state index in [-0.39, 0.29) is 47.7 Å². The quantitative estimate of drug-likeness (QED) is 0.134. The molecular formula is C34H48ClN9O4. The third-order valence-electron chi connectivity index (χ3n) is 9.48. The van der Waals surface area contributed by atoms with E-state index >= 15 is 0 Å². The van der Waals surface area contributed by atoms with Gasteiger partial charge in [-0.1, -0.05) is 38.1 Å². The Hall–Kier alpha value is -4.13. The van der Waals surface area contributed by atoms with Crippen molar-refractivity contribution in [3.8, 4) is 0 Å². The van der Waals surface area contributed by atoms with Crippen LogP contribution in [0.4, 0.5) is 11.6 Å². The molecule has 6 N–H and O–H groups in total. The Kier molecular flexibility index (Phi) is 11.6. The number of nitrogens with zero attached hydrogens (tertiary/aromatic N) is 4. The molecule has 0 aromatic carbocycles. The molecule has 5 atom stereocenters. The Morgan fingerprint density at radius 1 is 1.04 bits per heavy atom. The van der Waals surface area contributed by atoms with Crippen LogP contribution in [0.25, 0.3) is 0 Å². The number of aliphatic imine (C=N–C) groups is 1. The van der Waals surface area contributed by atoms with Crippen molar-refractivity contribution >= 4 is 52.7 Å². The molecule has 13 nitrogen and oxygen atoms in total. The Morgan fingerprint density at radius 3 is 2.56 bits per heavy atom. The van der Waals surface area contributed by atoms with Crippen LogP contribution >= 0.6 is 11.6 Å². The average Bonchev–Trinajstić information content (AvgIpc) is 3.73. The summed E-state index contributed by atoms with van der Waals surface area (Å²) in [5.41, 5.74) is 6.13. The van der Waals surface area contributed by atoms with E-state index in [4.69, 9.17) is 22.3 Å². The molecule has 260 valence electrons. The lowest BCUT2D eigenvalue weighted by Gasteiger charge is -2.32. The molecule has 0 bridgehead atoms. The van der Waals surface area contributed by atoms with Crippen LogP contribution in [-0.2, 0) is 14.4 Å². The third kappa shape index (κ3) is 8.86. The van der Waals surface area contributed by atoms with Gasteiger partial charge in [0.2, 0.25) is 11.8 Å². The number of nitrogens with one attached hydrogen (secondary N) is 4. The maximum absolute atomic E-state index is 13.7. The first kappa shape index (κ1) is 35.2. The Bertz CT molecular complexity index is 1460. The minimum Gasteiger partial charge on any atom is -0.367 e. The summed E-state index contributed by atoms with van der Waals surface area (Å²) in [6.07, 6.45) is 8.48. The number of alkyl halides is 1. The van der Waals surface area contributed by atoms with Gasteiger partial charge in [-0.15, -0.1) is 0 Å². The number of pyridine rings is 1. The predicted octanol–water partition coefficient (Wildman–Crippen LogP) is 2.29. The molecular weight excluding hydrogens is 634 g/mol. The van der Waals surface area contributed by atoms with Gasteiger partial charge in [-0.3, -0.25) is 19.2 Å². The molecule has 1 aromatic heterocycles. The fourth-order valence-electron chi connectivity index (χ4n) is 6.81.